The van der Waals surface area contributed by atoms with E-state index in [1.165, 1.54) is 0 Å². The van der Waals surface area contributed by atoms with Crippen molar-refractivity contribution >= 4 is 5.91 Å². The number of morpholine rings is 1. The monoisotopic (exact) mass is 264 g/mol. The van der Waals surface area contributed by atoms with Crippen molar-refractivity contribution in [3.8, 4) is 0 Å². The van der Waals surface area contributed by atoms with Crippen LogP contribution in [0.15, 0.2) is 12.3 Å². The smallest absolute Gasteiger partial charge is 0.255 e. The van der Waals surface area contributed by atoms with Gasteiger partial charge in [-0.2, -0.15) is 0 Å². The van der Waals surface area contributed by atoms with Crippen LogP contribution in [0.1, 0.15) is 42.7 Å². The molecule has 0 bridgehead atoms. The fourth-order valence-corrected chi connectivity index (χ4v) is 2.70. The van der Waals surface area contributed by atoms with E-state index in [1.807, 2.05) is 35.7 Å². The van der Waals surface area contributed by atoms with Crippen LogP contribution in [0.3, 0.4) is 0 Å². The van der Waals surface area contributed by atoms with E-state index in [0.29, 0.717) is 19.7 Å². The van der Waals surface area contributed by atoms with Gasteiger partial charge in [0.15, 0.2) is 0 Å². The third-order valence-electron chi connectivity index (χ3n) is 4.44. The predicted molar refractivity (Wildman–Crippen MR) is 75.3 cm³/mol. The number of nitrogens with zero attached hydrogens (tertiary/aromatic N) is 2. The van der Waals surface area contributed by atoms with E-state index < -0.39 is 0 Å². The maximum atomic E-state index is 12.6. The summed E-state index contributed by atoms with van der Waals surface area (Å²) in [5, 5.41) is 0. The lowest BCUT2D eigenvalue weighted by atomic mass is 9.94. The minimum Gasteiger partial charge on any atom is -0.371 e. The molecule has 0 unspecified atom stereocenters. The highest BCUT2D eigenvalue weighted by atomic mass is 16.5. The summed E-state index contributed by atoms with van der Waals surface area (Å²) in [5.74, 6) is 0.132. The van der Waals surface area contributed by atoms with E-state index in [1.54, 1.807) is 0 Å². The maximum absolute atomic E-state index is 12.6. The third-order valence-corrected chi connectivity index (χ3v) is 4.44. The first-order chi connectivity index (χ1) is 9.03. The van der Waals surface area contributed by atoms with Crippen LogP contribution < -0.4 is 0 Å². The fourth-order valence-electron chi connectivity index (χ4n) is 2.70. The molecule has 19 heavy (non-hydrogen) atoms. The van der Waals surface area contributed by atoms with Crippen molar-refractivity contribution in [1.29, 1.82) is 0 Å². The highest BCUT2D eigenvalue weighted by molar-refractivity contribution is 5.95. The minimum absolute atomic E-state index is 0.132. The molecule has 0 atom stereocenters. The molecule has 1 fully saturated rings. The molecule has 1 aliphatic heterocycles. The Morgan fingerprint density at radius 1 is 1.42 bits per heavy atom. The van der Waals surface area contributed by atoms with Crippen molar-refractivity contribution in [3.05, 3.63) is 23.5 Å². The SMILES string of the molecule is CCC1(CC)CN(C(=O)c2ccn(C)c2C)CCO1. The Labute approximate surface area is 115 Å². The second-order valence-corrected chi connectivity index (χ2v) is 5.39. The summed E-state index contributed by atoms with van der Waals surface area (Å²) in [6, 6.07) is 1.91. The van der Waals surface area contributed by atoms with Crippen LogP contribution in [-0.4, -0.2) is 40.7 Å². The summed E-state index contributed by atoms with van der Waals surface area (Å²) in [4.78, 5) is 14.6. The summed E-state index contributed by atoms with van der Waals surface area (Å²) < 4.78 is 7.90. The normalized spacial score (nSPS) is 18.6. The minimum atomic E-state index is -0.156. The molecule has 2 heterocycles. The lowest BCUT2D eigenvalue weighted by molar-refractivity contribution is -0.103. The number of ether oxygens (including phenoxy) is 1. The van der Waals surface area contributed by atoms with Crippen molar-refractivity contribution in [2.24, 2.45) is 7.05 Å². The van der Waals surface area contributed by atoms with Gasteiger partial charge in [-0.1, -0.05) is 13.8 Å². The lowest BCUT2D eigenvalue weighted by Gasteiger charge is -2.42. The van der Waals surface area contributed by atoms with Gasteiger partial charge in [-0.05, 0) is 25.8 Å². The Morgan fingerprint density at radius 3 is 2.63 bits per heavy atom. The Balaban J connectivity index is 2.18. The van der Waals surface area contributed by atoms with Gasteiger partial charge in [-0.3, -0.25) is 4.79 Å². The fraction of sp³-hybridized carbons (Fsp3) is 0.667. The summed E-state index contributed by atoms with van der Waals surface area (Å²) >= 11 is 0. The van der Waals surface area contributed by atoms with Crippen LogP contribution in [0.4, 0.5) is 0 Å². The predicted octanol–water partition coefficient (Wildman–Crippen LogP) is 2.36. The van der Waals surface area contributed by atoms with Gasteiger partial charge < -0.3 is 14.2 Å². The molecule has 4 heteroatoms. The van der Waals surface area contributed by atoms with E-state index >= 15 is 0 Å². The topological polar surface area (TPSA) is 34.5 Å². The molecule has 0 aromatic carbocycles. The Hall–Kier alpha value is -1.29. The van der Waals surface area contributed by atoms with Crippen LogP contribution in [0.5, 0.6) is 0 Å². The molecule has 1 aromatic heterocycles. The van der Waals surface area contributed by atoms with E-state index in [-0.39, 0.29) is 11.5 Å². The molecule has 0 aliphatic carbocycles. The standard InChI is InChI=1S/C15H24N2O2/c1-5-15(6-2)11-17(9-10-19-15)14(18)13-7-8-16(4)12(13)3/h7-8H,5-6,9-11H2,1-4H3. The second kappa shape index (κ2) is 5.37. The van der Waals surface area contributed by atoms with Crippen LogP contribution in [0.25, 0.3) is 0 Å². The molecular formula is C15H24N2O2. The zero-order chi connectivity index (χ0) is 14.0. The molecule has 0 spiro atoms. The summed E-state index contributed by atoms with van der Waals surface area (Å²) in [7, 11) is 1.97. The molecule has 1 aromatic rings. The highest BCUT2D eigenvalue weighted by Crippen LogP contribution is 2.26. The molecule has 0 N–H and O–H groups in total. The number of hydrogen-bond acceptors (Lipinski definition) is 2. The van der Waals surface area contributed by atoms with Gasteiger partial charge in [0.25, 0.3) is 5.91 Å². The first-order valence-electron chi connectivity index (χ1n) is 7.08. The first kappa shape index (κ1) is 14.1. The van der Waals surface area contributed by atoms with E-state index in [0.717, 1.165) is 24.1 Å². The highest BCUT2D eigenvalue weighted by Gasteiger charge is 2.36. The van der Waals surface area contributed by atoms with Crippen molar-refractivity contribution in [1.82, 2.24) is 9.47 Å². The average molecular weight is 264 g/mol. The molecule has 0 saturated carbocycles. The Kier molecular flexibility index (Phi) is 3.99. The maximum Gasteiger partial charge on any atom is 0.255 e. The van der Waals surface area contributed by atoms with Crippen molar-refractivity contribution < 1.29 is 9.53 Å². The molecular weight excluding hydrogens is 240 g/mol. The number of aromatic nitrogens is 1. The van der Waals surface area contributed by atoms with Gasteiger partial charge in [0.2, 0.25) is 0 Å². The average Bonchev–Trinajstić information content (AvgIpc) is 2.78. The van der Waals surface area contributed by atoms with Gasteiger partial charge in [-0.15, -0.1) is 0 Å². The largest absolute Gasteiger partial charge is 0.371 e. The number of aryl methyl sites for hydroxylation is 1. The number of carbonyl (C=O) groups excluding carboxylic acids is 1. The van der Waals surface area contributed by atoms with Crippen molar-refractivity contribution in [3.63, 3.8) is 0 Å². The number of hydrogen-bond donors (Lipinski definition) is 0. The van der Waals surface area contributed by atoms with Crippen molar-refractivity contribution in [2.75, 3.05) is 19.7 Å². The third kappa shape index (κ3) is 2.54. The van der Waals surface area contributed by atoms with Gasteiger partial charge in [0, 0.05) is 25.5 Å². The first-order valence-corrected chi connectivity index (χ1v) is 7.08. The van der Waals surface area contributed by atoms with Gasteiger partial charge >= 0.3 is 0 Å². The molecule has 4 nitrogen and oxygen atoms in total. The van der Waals surface area contributed by atoms with E-state index in [4.69, 9.17) is 4.74 Å². The quantitative estimate of drug-likeness (QED) is 0.840. The summed E-state index contributed by atoms with van der Waals surface area (Å²) in [6.07, 6.45) is 3.83. The van der Waals surface area contributed by atoms with Crippen LogP contribution >= 0.6 is 0 Å². The van der Waals surface area contributed by atoms with Crippen LogP contribution in [0, 0.1) is 6.92 Å². The van der Waals surface area contributed by atoms with Crippen molar-refractivity contribution in [2.45, 2.75) is 39.2 Å². The van der Waals surface area contributed by atoms with Crippen LogP contribution in [0.2, 0.25) is 0 Å². The van der Waals surface area contributed by atoms with Gasteiger partial charge in [-0.25, -0.2) is 0 Å². The second-order valence-electron chi connectivity index (χ2n) is 5.39. The lowest BCUT2D eigenvalue weighted by Crippen LogP contribution is -2.53. The van der Waals surface area contributed by atoms with E-state index in [2.05, 4.69) is 13.8 Å². The molecule has 1 saturated heterocycles. The van der Waals surface area contributed by atoms with Gasteiger partial charge in [0.1, 0.15) is 0 Å². The zero-order valence-electron chi connectivity index (χ0n) is 12.4. The summed E-state index contributed by atoms with van der Waals surface area (Å²) in [6.45, 7) is 8.28. The summed E-state index contributed by atoms with van der Waals surface area (Å²) in [5.41, 5.74) is 1.68. The molecule has 106 valence electrons. The zero-order valence-corrected chi connectivity index (χ0v) is 12.4. The number of carbonyl (C=O) groups is 1. The number of rotatable bonds is 3. The van der Waals surface area contributed by atoms with E-state index in [9.17, 15) is 4.79 Å². The molecule has 1 aliphatic rings. The molecule has 2 rings (SSSR count). The molecule has 1 amide bonds. The Morgan fingerprint density at radius 2 is 2.11 bits per heavy atom. The molecule has 0 radical (unpaired) electrons. The van der Waals surface area contributed by atoms with Gasteiger partial charge in [0.05, 0.1) is 24.3 Å². The Bertz CT molecular complexity index is 461. The number of amides is 1. The van der Waals surface area contributed by atoms with Crippen LogP contribution in [-0.2, 0) is 11.8 Å².